The monoisotopic (exact) mass is 285 g/mol. The van der Waals surface area contributed by atoms with E-state index in [0.717, 1.165) is 11.3 Å². The molecule has 0 aliphatic carbocycles. The van der Waals surface area contributed by atoms with Crippen LogP contribution in [0, 0.1) is 11.3 Å². The van der Waals surface area contributed by atoms with Gasteiger partial charge >= 0.3 is 0 Å². The number of likely N-dealkylation sites (N-methyl/N-ethyl adjacent to an activating group) is 1. The van der Waals surface area contributed by atoms with E-state index >= 15 is 0 Å². The van der Waals surface area contributed by atoms with Crippen LogP contribution < -0.4 is 4.74 Å². The number of aromatic nitrogens is 3. The van der Waals surface area contributed by atoms with Crippen molar-refractivity contribution in [2.45, 2.75) is 13.1 Å². The Bertz CT molecular complexity index is 674. The maximum atomic E-state index is 12.1. The van der Waals surface area contributed by atoms with Crippen molar-refractivity contribution < 1.29 is 9.53 Å². The molecular formula is C14H15N5O2. The number of carbonyl (C=O) groups is 1. The fourth-order valence-electron chi connectivity index (χ4n) is 1.81. The van der Waals surface area contributed by atoms with Gasteiger partial charge in [-0.1, -0.05) is 12.1 Å². The highest BCUT2D eigenvalue weighted by Gasteiger charge is 2.11. The molecule has 1 aromatic heterocycles. The van der Waals surface area contributed by atoms with Gasteiger partial charge in [0, 0.05) is 13.6 Å². The lowest BCUT2D eigenvalue weighted by atomic mass is 10.2. The van der Waals surface area contributed by atoms with E-state index in [9.17, 15) is 4.79 Å². The summed E-state index contributed by atoms with van der Waals surface area (Å²) >= 11 is 0. The van der Waals surface area contributed by atoms with E-state index in [1.54, 1.807) is 19.1 Å². The van der Waals surface area contributed by atoms with Gasteiger partial charge in [0.1, 0.15) is 24.7 Å². The second-order valence-corrected chi connectivity index (χ2v) is 4.48. The SMILES string of the molecule is COc1cccc(CN(C)C(=O)Cn2cnc(C#N)n2)c1. The summed E-state index contributed by atoms with van der Waals surface area (Å²) in [5.41, 5.74) is 0.974. The van der Waals surface area contributed by atoms with Gasteiger partial charge in [0.25, 0.3) is 5.82 Å². The Kier molecular flexibility index (Phi) is 4.51. The van der Waals surface area contributed by atoms with Crippen LogP contribution in [0.1, 0.15) is 11.4 Å². The predicted octanol–water partition coefficient (Wildman–Crippen LogP) is 0.817. The molecule has 0 aliphatic rings. The Morgan fingerprint density at radius 1 is 1.52 bits per heavy atom. The van der Waals surface area contributed by atoms with Crippen molar-refractivity contribution in [3.05, 3.63) is 42.0 Å². The molecule has 0 saturated carbocycles. The van der Waals surface area contributed by atoms with Crippen molar-refractivity contribution in [2.75, 3.05) is 14.2 Å². The van der Waals surface area contributed by atoms with Crippen LogP contribution in [-0.4, -0.2) is 39.7 Å². The molecule has 7 heteroatoms. The molecule has 2 rings (SSSR count). The third-order valence-corrected chi connectivity index (χ3v) is 2.91. The first-order valence-electron chi connectivity index (χ1n) is 6.29. The maximum Gasteiger partial charge on any atom is 0.252 e. The molecule has 2 aromatic rings. The van der Waals surface area contributed by atoms with E-state index in [1.165, 1.54) is 11.0 Å². The zero-order valence-corrected chi connectivity index (χ0v) is 11.9. The summed E-state index contributed by atoms with van der Waals surface area (Å²) in [6, 6.07) is 9.36. The number of amides is 1. The van der Waals surface area contributed by atoms with Crippen molar-refractivity contribution in [1.82, 2.24) is 19.7 Å². The molecule has 0 spiro atoms. The standard InChI is InChI=1S/C14H15N5O2/c1-18(8-11-4-3-5-12(6-11)21-2)14(20)9-19-10-16-13(7-15)17-19/h3-6,10H,8-9H2,1-2H3. The van der Waals surface area contributed by atoms with Gasteiger partial charge in [-0.3, -0.25) is 4.79 Å². The molecule has 1 aromatic carbocycles. The number of ether oxygens (including phenoxy) is 1. The molecule has 21 heavy (non-hydrogen) atoms. The zero-order valence-electron chi connectivity index (χ0n) is 11.9. The van der Waals surface area contributed by atoms with Gasteiger partial charge in [0.2, 0.25) is 5.91 Å². The first kappa shape index (κ1) is 14.5. The molecular weight excluding hydrogens is 270 g/mol. The Morgan fingerprint density at radius 2 is 2.33 bits per heavy atom. The third-order valence-electron chi connectivity index (χ3n) is 2.91. The molecule has 0 fully saturated rings. The number of rotatable bonds is 5. The summed E-state index contributed by atoms with van der Waals surface area (Å²) < 4.78 is 6.50. The molecule has 0 N–H and O–H groups in total. The second-order valence-electron chi connectivity index (χ2n) is 4.48. The molecule has 0 aliphatic heterocycles. The smallest absolute Gasteiger partial charge is 0.252 e. The van der Waals surface area contributed by atoms with E-state index in [2.05, 4.69) is 10.1 Å². The van der Waals surface area contributed by atoms with Crippen molar-refractivity contribution >= 4 is 5.91 Å². The summed E-state index contributed by atoms with van der Waals surface area (Å²) in [5, 5.41) is 12.5. The quantitative estimate of drug-likeness (QED) is 0.812. The molecule has 1 heterocycles. The van der Waals surface area contributed by atoms with Crippen LogP contribution in [0.3, 0.4) is 0 Å². The zero-order chi connectivity index (χ0) is 15.2. The third kappa shape index (κ3) is 3.79. The fraction of sp³-hybridized carbons (Fsp3) is 0.286. The number of nitrogens with zero attached hydrogens (tertiary/aromatic N) is 5. The number of carbonyl (C=O) groups excluding carboxylic acids is 1. The van der Waals surface area contributed by atoms with E-state index in [-0.39, 0.29) is 18.3 Å². The molecule has 0 atom stereocenters. The van der Waals surface area contributed by atoms with Crippen LogP contribution in [0.4, 0.5) is 0 Å². The molecule has 0 radical (unpaired) electrons. The van der Waals surface area contributed by atoms with E-state index in [0.29, 0.717) is 6.54 Å². The molecule has 108 valence electrons. The van der Waals surface area contributed by atoms with Gasteiger partial charge in [0.05, 0.1) is 7.11 Å². The highest BCUT2D eigenvalue weighted by atomic mass is 16.5. The van der Waals surface area contributed by atoms with E-state index in [1.807, 2.05) is 30.3 Å². The normalized spacial score (nSPS) is 9.95. The number of hydrogen-bond donors (Lipinski definition) is 0. The number of nitriles is 1. The molecule has 1 amide bonds. The Balaban J connectivity index is 1.97. The fourth-order valence-corrected chi connectivity index (χ4v) is 1.81. The highest BCUT2D eigenvalue weighted by molar-refractivity contribution is 5.75. The van der Waals surface area contributed by atoms with Crippen LogP contribution in [0.25, 0.3) is 0 Å². The number of hydrogen-bond acceptors (Lipinski definition) is 5. The lowest BCUT2D eigenvalue weighted by Gasteiger charge is -2.17. The Morgan fingerprint density at radius 3 is 3.00 bits per heavy atom. The Hall–Kier alpha value is -2.88. The average molecular weight is 285 g/mol. The van der Waals surface area contributed by atoms with Gasteiger partial charge in [-0.15, -0.1) is 5.10 Å². The molecule has 7 nitrogen and oxygen atoms in total. The summed E-state index contributed by atoms with van der Waals surface area (Å²) in [7, 11) is 3.31. The van der Waals surface area contributed by atoms with Gasteiger partial charge in [0.15, 0.2) is 0 Å². The first-order valence-corrected chi connectivity index (χ1v) is 6.29. The highest BCUT2D eigenvalue weighted by Crippen LogP contribution is 2.13. The van der Waals surface area contributed by atoms with Crippen LogP contribution >= 0.6 is 0 Å². The van der Waals surface area contributed by atoms with E-state index < -0.39 is 0 Å². The van der Waals surface area contributed by atoms with Crippen molar-refractivity contribution in [3.63, 3.8) is 0 Å². The minimum Gasteiger partial charge on any atom is -0.497 e. The summed E-state index contributed by atoms with van der Waals surface area (Å²) in [6.45, 7) is 0.519. The summed E-state index contributed by atoms with van der Waals surface area (Å²) in [4.78, 5) is 17.4. The van der Waals surface area contributed by atoms with Crippen LogP contribution in [-0.2, 0) is 17.9 Å². The van der Waals surface area contributed by atoms with E-state index in [4.69, 9.17) is 10.00 Å². The Labute approximate surface area is 122 Å². The average Bonchev–Trinajstić information content (AvgIpc) is 2.95. The molecule has 0 bridgehead atoms. The number of benzene rings is 1. The van der Waals surface area contributed by atoms with Crippen molar-refractivity contribution in [2.24, 2.45) is 0 Å². The van der Waals surface area contributed by atoms with Crippen molar-refractivity contribution in [3.8, 4) is 11.8 Å². The van der Waals surface area contributed by atoms with Gasteiger partial charge < -0.3 is 9.64 Å². The van der Waals surface area contributed by atoms with Gasteiger partial charge in [-0.05, 0) is 17.7 Å². The van der Waals surface area contributed by atoms with Gasteiger partial charge in [-0.2, -0.15) is 5.26 Å². The minimum absolute atomic E-state index is 0.0507. The molecule has 0 unspecified atom stereocenters. The topological polar surface area (TPSA) is 84.0 Å². The second kappa shape index (κ2) is 6.52. The van der Waals surface area contributed by atoms with Crippen molar-refractivity contribution in [1.29, 1.82) is 5.26 Å². The summed E-state index contributed by atoms with van der Waals surface area (Å²) in [6.07, 6.45) is 1.37. The maximum absolute atomic E-state index is 12.1. The largest absolute Gasteiger partial charge is 0.497 e. The number of methoxy groups -OCH3 is 1. The van der Waals surface area contributed by atoms with Crippen LogP contribution in [0.2, 0.25) is 0 Å². The predicted molar refractivity (Wildman–Crippen MR) is 74.2 cm³/mol. The van der Waals surface area contributed by atoms with Crippen LogP contribution in [0.15, 0.2) is 30.6 Å². The first-order chi connectivity index (χ1) is 10.1. The van der Waals surface area contributed by atoms with Crippen LogP contribution in [0.5, 0.6) is 5.75 Å². The summed E-state index contributed by atoms with van der Waals surface area (Å²) in [5.74, 6) is 0.689. The molecule has 0 saturated heterocycles. The minimum atomic E-state index is -0.118. The lowest BCUT2D eigenvalue weighted by molar-refractivity contribution is -0.131. The lowest BCUT2D eigenvalue weighted by Crippen LogP contribution is -2.30. The van der Waals surface area contributed by atoms with Gasteiger partial charge in [-0.25, -0.2) is 9.67 Å².